The van der Waals surface area contributed by atoms with Crippen molar-refractivity contribution in [2.75, 3.05) is 7.05 Å². The number of hydrogen-bond acceptors (Lipinski definition) is 2. The molecule has 0 aliphatic rings. The number of amides is 2. The first-order valence-electron chi connectivity index (χ1n) is 6.10. The van der Waals surface area contributed by atoms with Gasteiger partial charge in [-0.3, -0.25) is 0 Å². The number of carbonyl (C=O) groups excluding carboxylic acids is 1. The van der Waals surface area contributed by atoms with Crippen LogP contribution in [0.5, 0.6) is 0 Å². The van der Waals surface area contributed by atoms with Gasteiger partial charge in [-0.15, -0.1) is 0 Å². The van der Waals surface area contributed by atoms with Gasteiger partial charge in [-0.1, -0.05) is 20.8 Å². The topological polar surface area (TPSA) is 69.6 Å². The summed E-state index contributed by atoms with van der Waals surface area (Å²) in [6.07, 6.45) is 2.07. The van der Waals surface area contributed by atoms with E-state index in [4.69, 9.17) is 5.11 Å². The van der Waals surface area contributed by atoms with Crippen molar-refractivity contribution >= 4 is 12.0 Å². The normalized spacial score (nSPS) is 14.2. The number of nitrogens with zero attached hydrogens (tertiary/aromatic N) is 1. The highest BCUT2D eigenvalue weighted by Gasteiger charge is 2.34. The Morgan fingerprint density at radius 1 is 1.29 bits per heavy atom. The van der Waals surface area contributed by atoms with E-state index in [9.17, 15) is 9.59 Å². The Hall–Kier alpha value is -1.26. The average Bonchev–Trinajstić information content (AvgIpc) is 2.29. The zero-order valence-electron chi connectivity index (χ0n) is 11.4. The van der Waals surface area contributed by atoms with E-state index in [2.05, 4.69) is 5.32 Å². The molecule has 0 saturated carbocycles. The molecule has 5 heteroatoms. The van der Waals surface area contributed by atoms with E-state index in [0.29, 0.717) is 6.42 Å². The Bertz CT molecular complexity index is 277. The molecule has 0 fully saturated rings. The van der Waals surface area contributed by atoms with Gasteiger partial charge in [0.1, 0.15) is 5.54 Å². The highest BCUT2D eigenvalue weighted by molar-refractivity contribution is 5.85. The molecule has 0 aromatic rings. The van der Waals surface area contributed by atoms with Crippen LogP contribution in [0.1, 0.15) is 47.0 Å². The van der Waals surface area contributed by atoms with Crippen LogP contribution in [-0.4, -0.2) is 40.6 Å². The molecular weight excluding hydrogens is 220 g/mol. The van der Waals surface area contributed by atoms with Gasteiger partial charge in [-0.25, -0.2) is 9.59 Å². The van der Waals surface area contributed by atoms with E-state index in [1.165, 1.54) is 6.92 Å². The summed E-state index contributed by atoms with van der Waals surface area (Å²) < 4.78 is 0. The van der Waals surface area contributed by atoms with Gasteiger partial charge in [0.05, 0.1) is 0 Å². The van der Waals surface area contributed by atoms with Gasteiger partial charge in [0.15, 0.2) is 0 Å². The van der Waals surface area contributed by atoms with E-state index in [1.807, 2.05) is 13.8 Å². The summed E-state index contributed by atoms with van der Waals surface area (Å²) in [4.78, 5) is 24.6. The maximum absolute atomic E-state index is 11.9. The summed E-state index contributed by atoms with van der Waals surface area (Å²) in [6.45, 7) is 7.28. The largest absolute Gasteiger partial charge is 0.480 e. The molecule has 17 heavy (non-hydrogen) atoms. The van der Waals surface area contributed by atoms with Crippen LogP contribution in [0.25, 0.3) is 0 Å². The van der Waals surface area contributed by atoms with E-state index in [1.54, 1.807) is 18.9 Å². The molecule has 0 aliphatic carbocycles. The van der Waals surface area contributed by atoms with Crippen LogP contribution in [0.4, 0.5) is 4.79 Å². The quantitative estimate of drug-likeness (QED) is 0.751. The first kappa shape index (κ1) is 15.7. The van der Waals surface area contributed by atoms with E-state index >= 15 is 0 Å². The van der Waals surface area contributed by atoms with Crippen molar-refractivity contribution in [3.8, 4) is 0 Å². The molecule has 0 aromatic carbocycles. The predicted octanol–water partition coefficient (Wildman–Crippen LogP) is 2.07. The second-order valence-electron chi connectivity index (χ2n) is 4.50. The van der Waals surface area contributed by atoms with Gasteiger partial charge in [0.25, 0.3) is 0 Å². The highest BCUT2D eigenvalue weighted by Crippen LogP contribution is 2.12. The third-order valence-corrected chi connectivity index (χ3v) is 3.37. The lowest BCUT2D eigenvalue weighted by molar-refractivity contribution is -0.143. The zero-order valence-corrected chi connectivity index (χ0v) is 11.4. The molecule has 0 aliphatic heterocycles. The van der Waals surface area contributed by atoms with Crippen molar-refractivity contribution < 1.29 is 14.7 Å². The zero-order chi connectivity index (χ0) is 13.6. The van der Waals surface area contributed by atoms with Crippen molar-refractivity contribution in [1.29, 1.82) is 0 Å². The van der Waals surface area contributed by atoms with Crippen LogP contribution in [0.15, 0.2) is 0 Å². The molecule has 0 saturated heterocycles. The number of carboxylic acid groups (broad SMARTS) is 1. The minimum absolute atomic E-state index is 0.143. The van der Waals surface area contributed by atoms with Gasteiger partial charge in [-0.2, -0.15) is 0 Å². The van der Waals surface area contributed by atoms with Gasteiger partial charge in [-0.05, 0) is 26.2 Å². The van der Waals surface area contributed by atoms with Crippen LogP contribution in [0.3, 0.4) is 0 Å². The number of hydrogen-bond donors (Lipinski definition) is 2. The van der Waals surface area contributed by atoms with Crippen molar-refractivity contribution in [1.82, 2.24) is 10.2 Å². The molecule has 2 amide bonds. The molecule has 1 unspecified atom stereocenters. The van der Waals surface area contributed by atoms with E-state index in [0.717, 1.165) is 12.8 Å². The Morgan fingerprint density at radius 3 is 2.06 bits per heavy atom. The number of carboxylic acids is 1. The first-order valence-corrected chi connectivity index (χ1v) is 6.10. The van der Waals surface area contributed by atoms with Crippen LogP contribution >= 0.6 is 0 Å². The molecule has 0 bridgehead atoms. The lowest BCUT2D eigenvalue weighted by Crippen LogP contribution is -2.56. The van der Waals surface area contributed by atoms with Gasteiger partial charge < -0.3 is 15.3 Å². The van der Waals surface area contributed by atoms with Crippen LogP contribution in [0, 0.1) is 0 Å². The lowest BCUT2D eigenvalue weighted by Gasteiger charge is -2.31. The molecule has 0 rings (SSSR count). The molecule has 0 spiro atoms. The summed E-state index contributed by atoms with van der Waals surface area (Å²) in [7, 11) is 1.70. The fraction of sp³-hybridized carbons (Fsp3) is 0.833. The second kappa shape index (κ2) is 6.47. The molecule has 2 N–H and O–H groups in total. The fourth-order valence-electron chi connectivity index (χ4n) is 1.62. The summed E-state index contributed by atoms with van der Waals surface area (Å²) in [5, 5.41) is 11.7. The van der Waals surface area contributed by atoms with Crippen molar-refractivity contribution in [3.05, 3.63) is 0 Å². The number of nitrogens with one attached hydrogen (secondary N) is 1. The average molecular weight is 244 g/mol. The molecule has 0 heterocycles. The minimum atomic E-state index is -1.20. The number of carbonyl (C=O) groups is 2. The van der Waals surface area contributed by atoms with Crippen molar-refractivity contribution in [3.63, 3.8) is 0 Å². The third-order valence-electron chi connectivity index (χ3n) is 3.37. The van der Waals surface area contributed by atoms with Crippen molar-refractivity contribution in [2.45, 2.75) is 58.5 Å². The molecule has 0 aromatic heterocycles. The SMILES string of the molecule is CCC(CC)N(C)C(=O)NC(C)(CC)C(=O)O. The maximum atomic E-state index is 11.9. The third kappa shape index (κ3) is 3.91. The fourth-order valence-corrected chi connectivity index (χ4v) is 1.62. The van der Waals surface area contributed by atoms with Crippen molar-refractivity contribution in [2.24, 2.45) is 0 Å². The number of urea groups is 1. The summed E-state index contributed by atoms with van der Waals surface area (Å²) in [6, 6.07) is -0.185. The standard InChI is InChI=1S/C12H24N2O3/c1-6-9(7-2)14(5)11(17)13-12(4,8-3)10(15)16/h9H,6-8H2,1-5H3,(H,13,17)(H,15,16). The summed E-state index contributed by atoms with van der Waals surface area (Å²) in [5.74, 6) is -1.01. The number of rotatable bonds is 6. The van der Waals surface area contributed by atoms with E-state index < -0.39 is 11.5 Å². The Kier molecular flexibility index (Phi) is 5.99. The molecular formula is C12H24N2O3. The molecule has 0 radical (unpaired) electrons. The van der Waals surface area contributed by atoms with E-state index in [-0.39, 0.29) is 12.1 Å². The highest BCUT2D eigenvalue weighted by atomic mass is 16.4. The predicted molar refractivity (Wildman–Crippen MR) is 67.0 cm³/mol. The Labute approximate surface area is 103 Å². The lowest BCUT2D eigenvalue weighted by atomic mass is 9.99. The smallest absolute Gasteiger partial charge is 0.329 e. The molecule has 5 nitrogen and oxygen atoms in total. The van der Waals surface area contributed by atoms with Crippen LogP contribution in [0.2, 0.25) is 0 Å². The van der Waals surface area contributed by atoms with Gasteiger partial charge >= 0.3 is 12.0 Å². The minimum Gasteiger partial charge on any atom is -0.480 e. The first-order chi connectivity index (χ1) is 7.82. The van der Waals surface area contributed by atoms with Gasteiger partial charge in [0.2, 0.25) is 0 Å². The molecule has 100 valence electrons. The van der Waals surface area contributed by atoms with Gasteiger partial charge in [0, 0.05) is 13.1 Å². The van der Waals surface area contributed by atoms with Crippen LogP contribution in [-0.2, 0) is 4.79 Å². The summed E-state index contributed by atoms with van der Waals surface area (Å²) >= 11 is 0. The molecule has 1 atom stereocenters. The summed E-state index contributed by atoms with van der Waals surface area (Å²) in [5.41, 5.74) is -1.20. The Balaban J connectivity index is 4.68. The maximum Gasteiger partial charge on any atom is 0.329 e. The van der Waals surface area contributed by atoms with Crippen LogP contribution < -0.4 is 5.32 Å². The monoisotopic (exact) mass is 244 g/mol. The Morgan fingerprint density at radius 2 is 1.76 bits per heavy atom. The second-order valence-corrected chi connectivity index (χ2v) is 4.50. The number of aliphatic carboxylic acids is 1.